The van der Waals surface area contributed by atoms with E-state index in [4.69, 9.17) is 10.5 Å². The van der Waals surface area contributed by atoms with Gasteiger partial charge in [-0.3, -0.25) is 4.79 Å². The average molecular weight is 275 g/mol. The van der Waals surface area contributed by atoms with Gasteiger partial charge in [-0.25, -0.2) is 9.37 Å². The van der Waals surface area contributed by atoms with Crippen LogP contribution in [-0.2, 0) is 6.54 Å². The smallest absolute Gasteiger partial charge is 0.253 e. The summed E-state index contributed by atoms with van der Waals surface area (Å²) in [7, 11) is 1.53. The Morgan fingerprint density at radius 2 is 2.20 bits per heavy atom. The number of hydrogen-bond acceptors (Lipinski definition) is 4. The summed E-state index contributed by atoms with van der Waals surface area (Å²) in [6.07, 6.45) is 1.60. The van der Waals surface area contributed by atoms with Crippen LogP contribution in [0.2, 0.25) is 0 Å². The van der Waals surface area contributed by atoms with Gasteiger partial charge in [0.25, 0.3) is 5.91 Å². The summed E-state index contributed by atoms with van der Waals surface area (Å²) in [5.74, 6) is -0.334. The van der Waals surface area contributed by atoms with Gasteiger partial charge < -0.3 is 15.8 Å². The molecule has 104 valence electrons. The minimum absolute atomic E-state index is 0.107. The van der Waals surface area contributed by atoms with E-state index in [1.807, 2.05) is 0 Å². The first-order chi connectivity index (χ1) is 9.60. The van der Waals surface area contributed by atoms with Crippen LogP contribution >= 0.6 is 0 Å². The fraction of sp³-hybridized carbons (Fsp3) is 0.143. The van der Waals surface area contributed by atoms with Crippen molar-refractivity contribution in [3.05, 3.63) is 53.5 Å². The van der Waals surface area contributed by atoms with Gasteiger partial charge in [0.05, 0.1) is 12.7 Å². The first-order valence-corrected chi connectivity index (χ1v) is 5.92. The van der Waals surface area contributed by atoms with E-state index in [1.54, 1.807) is 18.3 Å². The second-order valence-electron chi connectivity index (χ2n) is 4.12. The Balaban J connectivity index is 2.00. The molecule has 1 amide bonds. The molecule has 0 saturated heterocycles. The summed E-state index contributed by atoms with van der Waals surface area (Å²) in [5, 5.41) is 2.69. The van der Waals surface area contributed by atoms with E-state index < -0.39 is 5.82 Å². The van der Waals surface area contributed by atoms with E-state index in [2.05, 4.69) is 10.3 Å². The topological polar surface area (TPSA) is 77.2 Å². The van der Waals surface area contributed by atoms with Gasteiger partial charge in [-0.1, -0.05) is 6.07 Å². The number of nitrogens with two attached hydrogens (primary N) is 1. The molecule has 6 heteroatoms. The maximum Gasteiger partial charge on any atom is 0.253 e. The lowest BCUT2D eigenvalue weighted by atomic mass is 10.1. The minimum atomic E-state index is -0.474. The van der Waals surface area contributed by atoms with E-state index in [0.29, 0.717) is 12.4 Å². The summed E-state index contributed by atoms with van der Waals surface area (Å²) in [6.45, 7) is 0.298. The van der Waals surface area contributed by atoms with Gasteiger partial charge in [-0.05, 0) is 23.8 Å². The molecule has 2 aromatic rings. The van der Waals surface area contributed by atoms with E-state index in [0.717, 1.165) is 11.6 Å². The number of aromatic nitrogens is 1. The lowest BCUT2D eigenvalue weighted by Crippen LogP contribution is -2.23. The number of pyridine rings is 1. The van der Waals surface area contributed by atoms with Gasteiger partial charge >= 0.3 is 0 Å². The lowest BCUT2D eigenvalue weighted by molar-refractivity contribution is 0.0951. The minimum Gasteiger partial charge on any atom is -0.481 e. The zero-order chi connectivity index (χ0) is 14.5. The van der Waals surface area contributed by atoms with Crippen LogP contribution < -0.4 is 15.8 Å². The van der Waals surface area contributed by atoms with Crippen LogP contribution in [0.5, 0.6) is 5.88 Å². The van der Waals surface area contributed by atoms with E-state index in [-0.39, 0.29) is 17.2 Å². The Morgan fingerprint density at radius 1 is 1.40 bits per heavy atom. The number of hydrogen-bond donors (Lipinski definition) is 2. The molecule has 5 nitrogen and oxygen atoms in total. The highest BCUT2D eigenvalue weighted by Gasteiger charge is 2.10. The molecule has 20 heavy (non-hydrogen) atoms. The second kappa shape index (κ2) is 6.01. The molecule has 1 heterocycles. The molecule has 0 aliphatic rings. The highest BCUT2D eigenvalue weighted by atomic mass is 19.1. The number of nitrogens with one attached hydrogen (secondary N) is 1. The van der Waals surface area contributed by atoms with E-state index in [9.17, 15) is 9.18 Å². The molecular weight excluding hydrogens is 261 g/mol. The van der Waals surface area contributed by atoms with Crippen molar-refractivity contribution in [3.8, 4) is 5.88 Å². The van der Waals surface area contributed by atoms with Crippen molar-refractivity contribution in [3.63, 3.8) is 0 Å². The van der Waals surface area contributed by atoms with Crippen molar-refractivity contribution in [2.24, 2.45) is 0 Å². The summed E-state index contributed by atoms with van der Waals surface area (Å²) < 4.78 is 17.8. The number of halogens is 1. The molecule has 0 spiro atoms. The molecule has 2 rings (SSSR count). The highest BCUT2D eigenvalue weighted by Crippen LogP contribution is 2.13. The Kier molecular flexibility index (Phi) is 4.14. The summed E-state index contributed by atoms with van der Waals surface area (Å²) in [4.78, 5) is 15.9. The van der Waals surface area contributed by atoms with Gasteiger partial charge in [-0.15, -0.1) is 0 Å². The van der Waals surface area contributed by atoms with Gasteiger partial charge in [0.2, 0.25) is 5.88 Å². The average Bonchev–Trinajstić information content (AvgIpc) is 2.45. The molecular formula is C14H14FN3O2. The van der Waals surface area contributed by atoms with Crippen LogP contribution in [0.15, 0.2) is 36.5 Å². The van der Waals surface area contributed by atoms with E-state index in [1.165, 1.54) is 19.2 Å². The molecule has 0 unspecified atom stereocenters. The van der Waals surface area contributed by atoms with Crippen molar-refractivity contribution in [1.82, 2.24) is 10.3 Å². The molecule has 0 aliphatic heterocycles. The molecule has 0 atom stereocenters. The highest BCUT2D eigenvalue weighted by molar-refractivity contribution is 5.99. The van der Waals surface area contributed by atoms with Gasteiger partial charge in [0.1, 0.15) is 5.82 Å². The molecule has 0 fully saturated rings. The van der Waals surface area contributed by atoms with Crippen molar-refractivity contribution in [2.45, 2.75) is 6.54 Å². The summed E-state index contributed by atoms with van der Waals surface area (Å²) in [5.41, 5.74) is 6.77. The lowest BCUT2D eigenvalue weighted by Gasteiger charge is -2.08. The first-order valence-electron chi connectivity index (χ1n) is 5.92. The fourth-order valence-corrected chi connectivity index (χ4v) is 1.65. The molecule has 1 aromatic carbocycles. The second-order valence-corrected chi connectivity index (χ2v) is 4.12. The Hall–Kier alpha value is -2.63. The van der Waals surface area contributed by atoms with Crippen molar-refractivity contribution in [1.29, 1.82) is 0 Å². The van der Waals surface area contributed by atoms with Gasteiger partial charge in [0.15, 0.2) is 0 Å². The number of amides is 1. The third-order valence-corrected chi connectivity index (χ3v) is 2.72. The maximum atomic E-state index is 12.9. The number of rotatable bonds is 4. The van der Waals surface area contributed by atoms with E-state index >= 15 is 0 Å². The van der Waals surface area contributed by atoms with Crippen molar-refractivity contribution in [2.75, 3.05) is 12.8 Å². The number of ether oxygens (including phenoxy) is 1. The predicted molar refractivity (Wildman–Crippen MR) is 72.8 cm³/mol. The zero-order valence-corrected chi connectivity index (χ0v) is 10.9. The maximum absolute atomic E-state index is 12.9. The van der Waals surface area contributed by atoms with Crippen LogP contribution in [0, 0.1) is 5.82 Å². The van der Waals surface area contributed by atoms with Crippen LogP contribution in [0.3, 0.4) is 0 Å². The molecule has 0 saturated carbocycles. The Morgan fingerprint density at radius 3 is 2.80 bits per heavy atom. The number of benzene rings is 1. The SMILES string of the molecule is COc1ccc(CNC(=O)c2ccc(F)cc2N)cn1. The number of carbonyl (C=O) groups excluding carboxylic acids is 1. The third-order valence-electron chi connectivity index (χ3n) is 2.72. The predicted octanol–water partition coefficient (Wildman–Crippen LogP) is 1.74. The van der Waals surface area contributed by atoms with Gasteiger partial charge in [-0.2, -0.15) is 0 Å². The molecule has 3 N–H and O–H groups in total. The van der Waals surface area contributed by atoms with Crippen LogP contribution in [0.1, 0.15) is 15.9 Å². The number of nitrogen functional groups attached to an aromatic ring is 1. The number of carbonyl (C=O) groups is 1. The standard InChI is InChI=1S/C14H14FN3O2/c1-20-13-5-2-9(7-17-13)8-18-14(19)11-4-3-10(15)6-12(11)16/h2-7H,8,16H2,1H3,(H,18,19). The zero-order valence-electron chi connectivity index (χ0n) is 10.9. The third kappa shape index (κ3) is 3.23. The molecule has 0 radical (unpaired) electrons. The normalized spacial score (nSPS) is 10.1. The first kappa shape index (κ1) is 13.8. The Bertz CT molecular complexity index is 614. The molecule has 1 aromatic heterocycles. The van der Waals surface area contributed by atoms with Crippen LogP contribution in [0.4, 0.5) is 10.1 Å². The summed E-state index contributed by atoms with van der Waals surface area (Å²) >= 11 is 0. The summed E-state index contributed by atoms with van der Waals surface area (Å²) in [6, 6.07) is 7.16. The van der Waals surface area contributed by atoms with Crippen LogP contribution in [-0.4, -0.2) is 18.0 Å². The quantitative estimate of drug-likeness (QED) is 0.833. The molecule has 0 aliphatic carbocycles. The number of methoxy groups -OCH3 is 1. The van der Waals surface area contributed by atoms with Crippen molar-refractivity contribution >= 4 is 11.6 Å². The Labute approximate surface area is 115 Å². The largest absolute Gasteiger partial charge is 0.481 e. The van der Waals surface area contributed by atoms with Crippen LogP contribution in [0.25, 0.3) is 0 Å². The molecule has 0 bridgehead atoms. The number of anilines is 1. The van der Waals surface area contributed by atoms with Crippen molar-refractivity contribution < 1.29 is 13.9 Å². The van der Waals surface area contributed by atoms with Gasteiger partial charge in [0, 0.05) is 24.5 Å². The fourth-order valence-electron chi connectivity index (χ4n) is 1.65. The monoisotopic (exact) mass is 275 g/mol. The number of nitrogens with zero attached hydrogens (tertiary/aromatic N) is 1.